The summed E-state index contributed by atoms with van der Waals surface area (Å²) in [4.78, 5) is 14.8. The molecule has 0 radical (unpaired) electrons. The number of rotatable bonds is 6. The molecule has 1 atom stereocenters. The van der Waals surface area contributed by atoms with Crippen LogP contribution in [0.2, 0.25) is 5.02 Å². The summed E-state index contributed by atoms with van der Waals surface area (Å²) in [6.07, 6.45) is 0.443. The fourth-order valence-corrected chi connectivity index (χ4v) is 5.84. The van der Waals surface area contributed by atoms with Crippen LogP contribution in [0.25, 0.3) is 10.8 Å². The van der Waals surface area contributed by atoms with E-state index < -0.39 is 9.84 Å². The van der Waals surface area contributed by atoms with E-state index in [0.29, 0.717) is 23.7 Å². The molecule has 1 aliphatic heterocycles. The summed E-state index contributed by atoms with van der Waals surface area (Å²) >= 11 is 6.06. The SMILES string of the molecule is Cc1cc(OCC(=O)N(Cc2cccc3ccccc23)[C@H]2CCS(=O)(=O)C2)ccc1Cl. The quantitative estimate of drug-likeness (QED) is 0.550. The average molecular weight is 458 g/mol. The van der Waals surface area contributed by atoms with Crippen LogP contribution in [-0.4, -0.2) is 43.4 Å². The first kappa shape index (κ1) is 21.7. The maximum absolute atomic E-state index is 13.2. The lowest BCUT2D eigenvalue weighted by Crippen LogP contribution is -2.43. The fourth-order valence-electron chi connectivity index (χ4n) is 3.99. The largest absolute Gasteiger partial charge is 0.484 e. The van der Waals surface area contributed by atoms with Gasteiger partial charge in [-0.2, -0.15) is 0 Å². The molecule has 1 heterocycles. The molecule has 0 aliphatic carbocycles. The van der Waals surface area contributed by atoms with Crippen LogP contribution in [0.1, 0.15) is 17.5 Å². The minimum atomic E-state index is -3.14. The van der Waals surface area contributed by atoms with Crippen LogP contribution in [0.5, 0.6) is 5.75 Å². The van der Waals surface area contributed by atoms with Gasteiger partial charge in [-0.05, 0) is 53.4 Å². The topological polar surface area (TPSA) is 63.7 Å². The molecule has 1 aliphatic rings. The molecule has 5 nitrogen and oxygen atoms in total. The van der Waals surface area contributed by atoms with Gasteiger partial charge in [-0.1, -0.05) is 54.1 Å². The second-order valence-corrected chi connectivity index (χ2v) is 10.6. The van der Waals surface area contributed by atoms with Crippen LogP contribution in [0.4, 0.5) is 0 Å². The molecular formula is C24H24ClNO4S. The third kappa shape index (κ3) is 5.02. The lowest BCUT2D eigenvalue weighted by molar-refractivity contribution is -0.136. The molecule has 0 spiro atoms. The highest BCUT2D eigenvalue weighted by Gasteiger charge is 2.35. The Labute approximate surface area is 187 Å². The summed E-state index contributed by atoms with van der Waals surface area (Å²) in [7, 11) is -3.14. The molecule has 1 amide bonds. The highest BCUT2D eigenvalue weighted by atomic mass is 35.5. The average Bonchev–Trinajstić information content (AvgIpc) is 3.12. The maximum atomic E-state index is 13.2. The number of ether oxygens (including phenoxy) is 1. The number of halogens is 1. The van der Waals surface area contributed by atoms with E-state index in [-0.39, 0.29) is 30.1 Å². The van der Waals surface area contributed by atoms with Gasteiger partial charge in [0.25, 0.3) is 5.91 Å². The number of sulfone groups is 1. The van der Waals surface area contributed by atoms with Gasteiger partial charge in [0.05, 0.1) is 11.5 Å². The molecule has 0 saturated carbocycles. The van der Waals surface area contributed by atoms with Crippen molar-refractivity contribution in [1.29, 1.82) is 0 Å². The van der Waals surface area contributed by atoms with Gasteiger partial charge in [-0.3, -0.25) is 4.79 Å². The van der Waals surface area contributed by atoms with Crippen molar-refractivity contribution in [3.63, 3.8) is 0 Å². The second kappa shape index (κ2) is 8.89. The molecule has 3 aromatic rings. The fraction of sp³-hybridized carbons (Fsp3) is 0.292. The van der Waals surface area contributed by atoms with Crippen molar-refractivity contribution >= 4 is 38.1 Å². The molecule has 162 valence electrons. The van der Waals surface area contributed by atoms with Crippen molar-refractivity contribution in [2.45, 2.75) is 25.9 Å². The predicted molar refractivity (Wildman–Crippen MR) is 123 cm³/mol. The number of amides is 1. The van der Waals surface area contributed by atoms with Gasteiger partial charge >= 0.3 is 0 Å². The van der Waals surface area contributed by atoms with Gasteiger partial charge in [-0.15, -0.1) is 0 Å². The molecule has 4 rings (SSSR count). The Hall–Kier alpha value is -2.57. The predicted octanol–water partition coefficient (Wildman–Crippen LogP) is 4.40. The monoisotopic (exact) mass is 457 g/mol. The Bertz CT molecular complexity index is 1220. The van der Waals surface area contributed by atoms with Crippen molar-refractivity contribution in [2.75, 3.05) is 18.1 Å². The van der Waals surface area contributed by atoms with Gasteiger partial charge in [0.2, 0.25) is 0 Å². The number of hydrogen-bond donors (Lipinski definition) is 0. The number of aryl methyl sites for hydroxylation is 1. The van der Waals surface area contributed by atoms with Gasteiger partial charge in [0.1, 0.15) is 5.75 Å². The van der Waals surface area contributed by atoms with E-state index in [4.69, 9.17) is 16.3 Å². The van der Waals surface area contributed by atoms with E-state index in [1.165, 1.54) is 0 Å². The molecule has 7 heteroatoms. The molecule has 0 bridgehead atoms. The number of nitrogens with zero attached hydrogens (tertiary/aromatic N) is 1. The van der Waals surface area contributed by atoms with Gasteiger partial charge in [0.15, 0.2) is 16.4 Å². The number of carbonyl (C=O) groups excluding carboxylic acids is 1. The second-order valence-electron chi connectivity index (χ2n) is 7.92. The van der Waals surface area contributed by atoms with Crippen LogP contribution >= 0.6 is 11.6 Å². The van der Waals surface area contributed by atoms with Crippen LogP contribution < -0.4 is 4.74 Å². The number of fused-ring (bicyclic) bond motifs is 1. The maximum Gasteiger partial charge on any atom is 0.261 e. The Morgan fingerprint density at radius 1 is 1.13 bits per heavy atom. The summed E-state index contributed by atoms with van der Waals surface area (Å²) in [6, 6.07) is 18.8. The van der Waals surface area contributed by atoms with Crippen molar-refractivity contribution in [3.05, 3.63) is 76.8 Å². The number of carbonyl (C=O) groups is 1. The Morgan fingerprint density at radius 3 is 2.65 bits per heavy atom. The summed E-state index contributed by atoms with van der Waals surface area (Å²) in [5.74, 6) is 0.416. The van der Waals surface area contributed by atoms with Crippen LogP contribution in [0.15, 0.2) is 60.7 Å². The zero-order valence-corrected chi connectivity index (χ0v) is 18.8. The lowest BCUT2D eigenvalue weighted by atomic mass is 10.0. The van der Waals surface area contributed by atoms with E-state index in [1.54, 1.807) is 23.1 Å². The van der Waals surface area contributed by atoms with E-state index >= 15 is 0 Å². The Kier molecular flexibility index (Phi) is 6.21. The first-order valence-corrected chi connectivity index (χ1v) is 12.4. The first-order chi connectivity index (χ1) is 14.8. The van der Waals surface area contributed by atoms with E-state index in [9.17, 15) is 13.2 Å². The normalized spacial score (nSPS) is 17.5. The Morgan fingerprint density at radius 2 is 1.90 bits per heavy atom. The van der Waals surface area contributed by atoms with E-state index in [1.807, 2.05) is 49.4 Å². The van der Waals surface area contributed by atoms with Crippen molar-refractivity contribution in [1.82, 2.24) is 4.90 Å². The highest BCUT2D eigenvalue weighted by molar-refractivity contribution is 7.91. The third-order valence-electron chi connectivity index (χ3n) is 5.68. The molecule has 31 heavy (non-hydrogen) atoms. The molecule has 0 unspecified atom stereocenters. The summed E-state index contributed by atoms with van der Waals surface area (Å²) in [5.41, 5.74) is 1.85. The van der Waals surface area contributed by atoms with Crippen LogP contribution in [0, 0.1) is 6.92 Å². The van der Waals surface area contributed by atoms with Crippen LogP contribution in [-0.2, 0) is 21.2 Å². The molecule has 1 fully saturated rings. The van der Waals surface area contributed by atoms with Crippen molar-refractivity contribution in [3.8, 4) is 5.75 Å². The number of hydrogen-bond acceptors (Lipinski definition) is 4. The minimum Gasteiger partial charge on any atom is -0.484 e. The third-order valence-corrected chi connectivity index (χ3v) is 7.86. The molecule has 1 saturated heterocycles. The molecule has 0 N–H and O–H groups in total. The molecule has 0 aromatic heterocycles. The molecule has 3 aromatic carbocycles. The Balaban J connectivity index is 1.58. The zero-order chi connectivity index (χ0) is 22.0. The van der Waals surface area contributed by atoms with Crippen molar-refractivity contribution < 1.29 is 17.9 Å². The van der Waals surface area contributed by atoms with E-state index in [0.717, 1.165) is 21.9 Å². The standard InChI is InChI=1S/C24H24ClNO4S/c1-17-13-21(9-10-23(17)25)30-15-24(27)26(20-11-12-31(28,29)16-20)14-19-7-4-6-18-5-2-3-8-22(18)19/h2-10,13,20H,11-12,14-16H2,1H3/t20-/m0/s1. The smallest absolute Gasteiger partial charge is 0.261 e. The first-order valence-electron chi connectivity index (χ1n) is 10.2. The lowest BCUT2D eigenvalue weighted by Gasteiger charge is -2.29. The van der Waals surface area contributed by atoms with Crippen molar-refractivity contribution in [2.24, 2.45) is 0 Å². The minimum absolute atomic E-state index is 0.0104. The van der Waals surface area contributed by atoms with Gasteiger partial charge in [-0.25, -0.2) is 8.42 Å². The zero-order valence-electron chi connectivity index (χ0n) is 17.3. The summed E-state index contributed by atoms with van der Waals surface area (Å²) in [6.45, 7) is 2.04. The highest BCUT2D eigenvalue weighted by Crippen LogP contribution is 2.25. The van der Waals surface area contributed by atoms with Gasteiger partial charge < -0.3 is 9.64 Å². The summed E-state index contributed by atoms with van der Waals surface area (Å²) < 4.78 is 29.9. The van der Waals surface area contributed by atoms with Gasteiger partial charge in [0, 0.05) is 17.6 Å². The summed E-state index contributed by atoms with van der Waals surface area (Å²) in [5, 5.41) is 2.77. The van der Waals surface area contributed by atoms with Crippen LogP contribution in [0.3, 0.4) is 0 Å². The van der Waals surface area contributed by atoms with E-state index in [2.05, 4.69) is 0 Å². The molecular weight excluding hydrogens is 434 g/mol. The number of benzene rings is 3.